The average molecular weight is 272 g/mol. The number of hydrogen-bond donors (Lipinski definition) is 2. The number of benzene rings is 1. The summed E-state index contributed by atoms with van der Waals surface area (Å²) in [6.45, 7) is 2.18. The van der Waals surface area contributed by atoms with Crippen molar-refractivity contribution in [3.05, 3.63) is 29.8 Å². The van der Waals surface area contributed by atoms with Gasteiger partial charge in [-0.15, -0.1) is 0 Å². The van der Waals surface area contributed by atoms with Crippen LogP contribution in [-0.4, -0.2) is 36.5 Å². The van der Waals surface area contributed by atoms with Crippen molar-refractivity contribution < 1.29 is 4.79 Å². The molecule has 1 aromatic rings. The summed E-state index contributed by atoms with van der Waals surface area (Å²) in [5.74, 6) is -0.00601. The summed E-state index contributed by atoms with van der Waals surface area (Å²) in [6, 6.07) is 9.76. The van der Waals surface area contributed by atoms with Crippen LogP contribution in [0.3, 0.4) is 0 Å². The lowest BCUT2D eigenvalue weighted by Crippen LogP contribution is -2.43. The van der Waals surface area contributed by atoms with Gasteiger partial charge in [-0.25, -0.2) is 0 Å². The summed E-state index contributed by atoms with van der Waals surface area (Å²) >= 11 is 0. The van der Waals surface area contributed by atoms with E-state index in [0.29, 0.717) is 13.0 Å². The number of nitriles is 1. The lowest BCUT2D eigenvalue weighted by molar-refractivity contribution is -0.117. The smallest absolute Gasteiger partial charge is 0.238 e. The monoisotopic (exact) mass is 272 g/mol. The van der Waals surface area contributed by atoms with Crippen LogP contribution in [0.15, 0.2) is 24.3 Å². The lowest BCUT2D eigenvalue weighted by atomic mass is 10.1. The van der Waals surface area contributed by atoms with Gasteiger partial charge in [-0.05, 0) is 30.5 Å². The van der Waals surface area contributed by atoms with Crippen molar-refractivity contribution >= 4 is 11.6 Å². The fourth-order valence-electron chi connectivity index (χ4n) is 2.31. The zero-order valence-corrected chi connectivity index (χ0v) is 11.5. The molecule has 3 N–H and O–H groups in total. The Kier molecular flexibility index (Phi) is 5.10. The first-order chi connectivity index (χ1) is 9.67. The minimum atomic E-state index is -0.00601. The highest BCUT2D eigenvalue weighted by molar-refractivity contribution is 5.92. The van der Waals surface area contributed by atoms with E-state index in [9.17, 15) is 4.79 Å². The van der Waals surface area contributed by atoms with Crippen molar-refractivity contribution in [3.8, 4) is 6.07 Å². The number of likely N-dealkylation sites (tertiary alicyclic amines) is 1. The first-order valence-corrected chi connectivity index (χ1v) is 6.91. The van der Waals surface area contributed by atoms with Crippen LogP contribution in [0.2, 0.25) is 0 Å². The van der Waals surface area contributed by atoms with Crippen molar-refractivity contribution in [2.24, 2.45) is 5.73 Å². The Morgan fingerprint density at radius 2 is 2.00 bits per heavy atom. The van der Waals surface area contributed by atoms with Crippen molar-refractivity contribution in [2.45, 2.75) is 25.3 Å². The molecule has 20 heavy (non-hydrogen) atoms. The van der Waals surface area contributed by atoms with E-state index in [0.717, 1.165) is 37.2 Å². The Hall–Kier alpha value is -1.90. The Labute approximate surface area is 119 Å². The van der Waals surface area contributed by atoms with Gasteiger partial charge in [0.1, 0.15) is 0 Å². The SMILES string of the molecule is N#CCc1ccc(NC(=O)CN2CCC(N)CC2)cc1. The van der Waals surface area contributed by atoms with Gasteiger partial charge in [0.05, 0.1) is 19.0 Å². The normalized spacial score (nSPS) is 16.6. The molecule has 2 rings (SSSR count). The summed E-state index contributed by atoms with van der Waals surface area (Å²) in [6.07, 6.45) is 2.30. The van der Waals surface area contributed by atoms with Gasteiger partial charge in [-0.1, -0.05) is 12.1 Å². The Bertz CT molecular complexity index is 484. The molecular formula is C15H20N4O. The summed E-state index contributed by atoms with van der Waals surface area (Å²) in [5.41, 5.74) is 7.56. The second-order valence-electron chi connectivity index (χ2n) is 5.19. The average Bonchev–Trinajstić information content (AvgIpc) is 2.44. The molecule has 0 radical (unpaired) electrons. The van der Waals surface area contributed by atoms with Gasteiger partial charge in [0.15, 0.2) is 0 Å². The molecule has 0 saturated carbocycles. The van der Waals surface area contributed by atoms with Gasteiger partial charge in [0.25, 0.3) is 0 Å². The van der Waals surface area contributed by atoms with E-state index in [2.05, 4.69) is 16.3 Å². The number of nitrogens with two attached hydrogens (primary N) is 1. The van der Waals surface area contributed by atoms with Crippen LogP contribution in [0.1, 0.15) is 18.4 Å². The predicted octanol–water partition coefficient (Wildman–Crippen LogP) is 1.11. The molecule has 0 bridgehead atoms. The minimum Gasteiger partial charge on any atom is -0.328 e. The first kappa shape index (κ1) is 14.5. The van der Waals surface area contributed by atoms with E-state index in [1.54, 1.807) is 0 Å². The van der Waals surface area contributed by atoms with E-state index in [-0.39, 0.29) is 11.9 Å². The van der Waals surface area contributed by atoms with Crippen LogP contribution in [0.25, 0.3) is 0 Å². The zero-order chi connectivity index (χ0) is 14.4. The van der Waals surface area contributed by atoms with Crippen LogP contribution < -0.4 is 11.1 Å². The number of amides is 1. The number of hydrogen-bond acceptors (Lipinski definition) is 4. The van der Waals surface area contributed by atoms with Gasteiger partial charge in [0, 0.05) is 24.8 Å². The number of carbonyl (C=O) groups excluding carboxylic acids is 1. The van der Waals surface area contributed by atoms with Gasteiger partial charge >= 0.3 is 0 Å². The number of carbonyl (C=O) groups is 1. The standard InChI is InChI=1S/C15H20N4O/c16-8-5-12-1-3-14(4-2-12)18-15(20)11-19-9-6-13(17)7-10-19/h1-4,13H,5-7,9-11,17H2,(H,18,20). The molecule has 0 unspecified atom stereocenters. The van der Waals surface area contributed by atoms with Crippen molar-refractivity contribution in [3.63, 3.8) is 0 Å². The molecule has 1 heterocycles. The third kappa shape index (κ3) is 4.34. The number of anilines is 1. The van der Waals surface area contributed by atoms with Gasteiger partial charge in [-0.3, -0.25) is 9.69 Å². The molecule has 0 aliphatic carbocycles. The maximum absolute atomic E-state index is 11.9. The number of nitrogens with one attached hydrogen (secondary N) is 1. The fourth-order valence-corrected chi connectivity index (χ4v) is 2.31. The molecule has 1 amide bonds. The van der Waals surface area contributed by atoms with Crippen molar-refractivity contribution in [1.82, 2.24) is 4.90 Å². The van der Waals surface area contributed by atoms with Crippen LogP contribution in [0, 0.1) is 11.3 Å². The molecule has 5 nitrogen and oxygen atoms in total. The van der Waals surface area contributed by atoms with E-state index < -0.39 is 0 Å². The highest BCUT2D eigenvalue weighted by Crippen LogP contribution is 2.11. The highest BCUT2D eigenvalue weighted by atomic mass is 16.2. The Morgan fingerprint density at radius 3 is 2.60 bits per heavy atom. The third-order valence-corrected chi connectivity index (χ3v) is 3.52. The molecule has 1 aliphatic rings. The van der Waals surface area contributed by atoms with Crippen LogP contribution in [0.5, 0.6) is 0 Å². The topological polar surface area (TPSA) is 82.2 Å². The molecule has 1 aromatic carbocycles. The third-order valence-electron chi connectivity index (χ3n) is 3.52. The van der Waals surface area contributed by atoms with Gasteiger partial charge < -0.3 is 11.1 Å². The number of nitrogens with zero attached hydrogens (tertiary/aromatic N) is 2. The van der Waals surface area contributed by atoms with Gasteiger partial charge in [-0.2, -0.15) is 5.26 Å². The highest BCUT2D eigenvalue weighted by Gasteiger charge is 2.18. The number of rotatable bonds is 4. The van der Waals surface area contributed by atoms with E-state index in [4.69, 9.17) is 11.0 Å². The van der Waals surface area contributed by atoms with Gasteiger partial charge in [0.2, 0.25) is 5.91 Å². The summed E-state index contributed by atoms with van der Waals surface area (Å²) < 4.78 is 0. The maximum atomic E-state index is 11.9. The van der Waals surface area contributed by atoms with Crippen LogP contribution >= 0.6 is 0 Å². The molecule has 1 saturated heterocycles. The predicted molar refractivity (Wildman–Crippen MR) is 78.0 cm³/mol. The molecule has 106 valence electrons. The Morgan fingerprint density at radius 1 is 1.35 bits per heavy atom. The van der Waals surface area contributed by atoms with E-state index in [1.165, 1.54) is 0 Å². The minimum absolute atomic E-state index is 0.00601. The second-order valence-corrected chi connectivity index (χ2v) is 5.19. The van der Waals surface area contributed by atoms with E-state index >= 15 is 0 Å². The van der Waals surface area contributed by atoms with Crippen LogP contribution in [-0.2, 0) is 11.2 Å². The number of piperidine rings is 1. The van der Waals surface area contributed by atoms with E-state index in [1.807, 2.05) is 24.3 Å². The van der Waals surface area contributed by atoms with Crippen molar-refractivity contribution in [2.75, 3.05) is 25.0 Å². The van der Waals surface area contributed by atoms with Crippen LogP contribution in [0.4, 0.5) is 5.69 Å². The molecule has 0 atom stereocenters. The fraction of sp³-hybridized carbons (Fsp3) is 0.467. The van der Waals surface area contributed by atoms with Crippen molar-refractivity contribution in [1.29, 1.82) is 5.26 Å². The lowest BCUT2D eigenvalue weighted by Gasteiger charge is -2.29. The molecule has 0 aromatic heterocycles. The largest absolute Gasteiger partial charge is 0.328 e. The maximum Gasteiger partial charge on any atom is 0.238 e. The summed E-state index contributed by atoms with van der Waals surface area (Å²) in [5, 5.41) is 11.5. The Balaban J connectivity index is 1.80. The molecule has 5 heteroatoms. The first-order valence-electron chi connectivity index (χ1n) is 6.91. The summed E-state index contributed by atoms with van der Waals surface area (Å²) in [4.78, 5) is 14.1. The molecule has 1 fully saturated rings. The molecular weight excluding hydrogens is 252 g/mol. The molecule has 1 aliphatic heterocycles. The molecule has 0 spiro atoms. The second kappa shape index (κ2) is 7.04. The quantitative estimate of drug-likeness (QED) is 0.860. The zero-order valence-electron chi connectivity index (χ0n) is 11.5. The summed E-state index contributed by atoms with van der Waals surface area (Å²) in [7, 11) is 0.